The van der Waals surface area contributed by atoms with Crippen molar-refractivity contribution in [1.82, 2.24) is 9.97 Å². The van der Waals surface area contributed by atoms with Gasteiger partial charge in [-0.15, -0.1) is 0 Å². The number of anilines is 2. The number of nitrogens with one attached hydrogen (secondary N) is 2. The van der Waals surface area contributed by atoms with Gasteiger partial charge in [0.15, 0.2) is 0 Å². The molecule has 0 unspecified atom stereocenters. The summed E-state index contributed by atoms with van der Waals surface area (Å²) < 4.78 is 0.922. The van der Waals surface area contributed by atoms with Crippen LogP contribution in [0.3, 0.4) is 0 Å². The van der Waals surface area contributed by atoms with Crippen LogP contribution in [0.2, 0.25) is 0 Å². The zero-order valence-electron chi connectivity index (χ0n) is 11.1. The third-order valence-electron chi connectivity index (χ3n) is 4.01. The predicted octanol–water partition coefficient (Wildman–Crippen LogP) is 3.66. The van der Waals surface area contributed by atoms with Gasteiger partial charge in [0.2, 0.25) is 5.95 Å². The van der Waals surface area contributed by atoms with Gasteiger partial charge in [0.1, 0.15) is 5.82 Å². The number of rotatable bonds is 5. The van der Waals surface area contributed by atoms with Gasteiger partial charge in [-0.05, 0) is 40.6 Å². The number of hydrogen-bond donors (Lipinski definition) is 2. The summed E-state index contributed by atoms with van der Waals surface area (Å²) in [4.78, 5) is 8.60. The Morgan fingerprint density at radius 2 is 2.11 bits per heavy atom. The fraction of sp³-hybridized carbons (Fsp3) is 0.692. The lowest BCUT2D eigenvalue weighted by atomic mass is 9.83. The summed E-state index contributed by atoms with van der Waals surface area (Å²) >= 11 is 3.49. The zero-order chi connectivity index (χ0) is 13.0. The van der Waals surface area contributed by atoms with E-state index in [1.165, 1.54) is 32.1 Å². The van der Waals surface area contributed by atoms with Crippen molar-refractivity contribution in [1.29, 1.82) is 0 Å². The molecule has 1 aromatic rings. The summed E-state index contributed by atoms with van der Waals surface area (Å²) in [5.74, 6) is 1.53. The molecule has 1 aliphatic rings. The first kappa shape index (κ1) is 13.6. The van der Waals surface area contributed by atoms with E-state index < -0.39 is 0 Å². The van der Waals surface area contributed by atoms with Crippen LogP contribution in [0.25, 0.3) is 0 Å². The van der Waals surface area contributed by atoms with Gasteiger partial charge in [0, 0.05) is 19.8 Å². The van der Waals surface area contributed by atoms with Gasteiger partial charge in [-0.1, -0.05) is 19.8 Å². The molecule has 2 N–H and O–H groups in total. The Hall–Kier alpha value is -0.840. The second-order valence-corrected chi connectivity index (χ2v) is 5.91. The van der Waals surface area contributed by atoms with E-state index in [2.05, 4.69) is 43.5 Å². The fourth-order valence-corrected chi connectivity index (χ4v) is 2.99. The van der Waals surface area contributed by atoms with Gasteiger partial charge in [0.05, 0.1) is 4.47 Å². The second-order valence-electron chi connectivity index (χ2n) is 5.05. The molecule has 0 aliphatic heterocycles. The first-order valence-electron chi connectivity index (χ1n) is 6.63. The topological polar surface area (TPSA) is 49.8 Å². The highest BCUT2D eigenvalue weighted by Gasteiger charge is 2.31. The molecule has 0 amide bonds. The van der Waals surface area contributed by atoms with E-state index in [1.807, 2.05) is 7.05 Å². The van der Waals surface area contributed by atoms with Crippen LogP contribution >= 0.6 is 15.9 Å². The van der Waals surface area contributed by atoms with E-state index in [9.17, 15) is 0 Å². The third kappa shape index (κ3) is 2.94. The molecule has 4 nitrogen and oxygen atoms in total. The molecule has 1 aliphatic carbocycles. The molecule has 0 spiro atoms. The smallest absolute Gasteiger partial charge is 0.224 e. The fourth-order valence-electron chi connectivity index (χ4n) is 2.66. The number of hydrogen-bond acceptors (Lipinski definition) is 4. The minimum Gasteiger partial charge on any atom is -0.368 e. The van der Waals surface area contributed by atoms with Crippen LogP contribution in [0.5, 0.6) is 0 Å². The largest absolute Gasteiger partial charge is 0.368 e. The third-order valence-corrected chi connectivity index (χ3v) is 4.59. The van der Waals surface area contributed by atoms with Crippen LogP contribution in [0.4, 0.5) is 11.8 Å². The summed E-state index contributed by atoms with van der Waals surface area (Å²) in [6, 6.07) is 0. The van der Waals surface area contributed by atoms with E-state index in [-0.39, 0.29) is 0 Å². The highest BCUT2D eigenvalue weighted by molar-refractivity contribution is 9.10. The molecule has 0 saturated heterocycles. The summed E-state index contributed by atoms with van der Waals surface area (Å²) in [5.41, 5.74) is 0.462. The number of aromatic nitrogens is 2. The van der Waals surface area contributed by atoms with E-state index in [0.717, 1.165) is 16.8 Å². The summed E-state index contributed by atoms with van der Waals surface area (Å²) in [5, 5.41) is 6.45. The molecule has 1 fully saturated rings. The lowest BCUT2D eigenvalue weighted by Gasteiger charge is -2.28. The Labute approximate surface area is 117 Å². The highest BCUT2D eigenvalue weighted by Crippen LogP contribution is 2.41. The molecule has 100 valence electrons. The molecule has 1 saturated carbocycles. The zero-order valence-corrected chi connectivity index (χ0v) is 12.7. The Morgan fingerprint density at radius 1 is 1.39 bits per heavy atom. The monoisotopic (exact) mass is 312 g/mol. The predicted molar refractivity (Wildman–Crippen MR) is 79.0 cm³/mol. The molecule has 1 heterocycles. The average molecular weight is 313 g/mol. The highest BCUT2D eigenvalue weighted by atomic mass is 79.9. The maximum atomic E-state index is 4.44. The van der Waals surface area contributed by atoms with Crippen LogP contribution in [-0.4, -0.2) is 23.6 Å². The van der Waals surface area contributed by atoms with Crippen molar-refractivity contribution in [2.75, 3.05) is 24.2 Å². The van der Waals surface area contributed by atoms with Crippen molar-refractivity contribution >= 4 is 27.7 Å². The summed E-state index contributed by atoms with van der Waals surface area (Å²) in [7, 11) is 1.83. The lowest BCUT2D eigenvalue weighted by Crippen LogP contribution is -2.26. The molecular formula is C13H21BrN4. The number of nitrogens with zero attached hydrogens (tertiary/aromatic N) is 2. The Morgan fingerprint density at radius 3 is 2.72 bits per heavy atom. The maximum Gasteiger partial charge on any atom is 0.224 e. The van der Waals surface area contributed by atoms with Crippen molar-refractivity contribution in [3.63, 3.8) is 0 Å². The van der Waals surface area contributed by atoms with Crippen molar-refractivity contribution in [2.45, 2.75) is 39.0 Å². The molecular weight excluding hydrogens is 292 g/mol. The van der Waals surface area contributed by atoms with Gasteiger partial charge in [0.25, 0.3) is 0 Å². The SMILES string of the molecule is CCC1(CNc2nc(NC)ncc2Br)CCCC1. The molecule has 18 heavy (non-hydrogen) atoms. The average Bonchev–Trinajstić information content (AvgIpc) is 2.87. The minimum absolute atomic E-state index is 0.462. The van der Waals surface area contributed by atoms with E-state index in [1.54, 1.807) is 6.20 Å². The van der Waals surface area contributed by atoms with Crippen LogP contribution in [0.15, 0.2) is 10.7 Å². The number of halogens is 1. The van der Waals surface area contributed by atoms with Crippen molar-refractivity contribution in [3.05, 3.63) is 10.7 Å². The van der Waals surface area contributed by atoms with E-state index in [4.69, 9.17) is 0 Å². The molecule has 0 atom stereocenters. The summed E-state index contributed by atoms with van der Waals surface area (Å²) in [6.07, 6.45) is 8.41. The molecule has 5 heteroatoms. The standard InChI is InChI=1S/C13H21BrN4/c1-3-13(6-4-5-7-13)9-17-11-10(14)8-16-12(15-2)18-11/h8H,3-7,9H2,1-2H3,(H2,15,16,17,18). The van der Waals surface area contributed by atoms with Crippen LogP contribution in [0.1, 0.15) is 39.0 Å². The van der Waals surface area contributed by atoms with E-state index in [0.29, 0.717) is 11.4 Å². The normalized spacial score (nSPS) is 17.7. The Kier molecular flexibility index (Phi) is 4.43. The van der Waals surface area contributed by atoms with Gasteiger partial charge in [-0.25, -0.2) is 4.98 Å². The van der Waals surface area contributed by atoms with Gasteiger partial charge in [-0.3, -0.25) is 0 Å². The van der Waals surface area contributed by atoms with Crippen molar-refractivity contribution < 1.29 is 0 Å². The van der Waals surface area contributed by atoms with Gasteiger partial charge >= 0.3 is 0 Å². The Balaban J connectivity index is 2.05. The second kappa shape index (κ2) is 5.87. The van der Waals surface area contributed by atoms with Crippen LogP contribution in [0, 0.1) is 5.41 Å². The van der Waals surface area contributed by atoms with Gasteiger partial charge < -0.3 is 10.6 Å². The lowest BCUT2D eigenvalue weighted by molar-refractivity contribution is 0.306. The van der Waals surface area contributed by atoms with Crippen LogP contribution in [-0.2, 0) is 0 Å². The van der Waals surface area contributed by atoms with Crippen LogP contribution < -0.4 is 10.6 Å². The minimum atomic E-state index is 0.462. The molecule has 0 radical (unpaired) electrons. The quantitative estimate of drug-likeness (QED) is 0.871. The first-order valence-corrected chi connectivity index (χ1v) is 7.42. The molecule has 1 aromatic heterocycles. The van der Waals surface area contributed by atoms with Crippen molar-refractivity contribution in [2.24, 2.45) is 5.41 Å². The molecule has 0 bridgehead atoms. The maximum absolute atomic E-state index is 4.44. The molecule has 2 rings (SSSR count). The molecule has 0 aromatic carbocycles. The van der Waals surface area contributed by atoms with Crippen molar-refractivity contribution in [3.8, 4) is 0 Å². The van der Waals surface area contributed by atoms with E-state index >= 15 is 0 Å². The first-order chi connectivity index (χ1) is 8.69. The summed E-state index contributed by atoms with van der Waals surface area (Å²) in [6.45, 7) is 3.29. The Bertz CT molecular complexity index is 402. The van der Waals surface area contributed by atoms with Gasteiger partial charge in [-0.2, -0.15) is 4.98 Å².